The van der Waals surface area contributed by atoms with Crippen LogP contribution in [0.15, 0.2) is 35.9 Å². The van der Waals surface area contributed by atoms with E-state index < -0.39 is 11.7 Å². The maximum absolute atomic E-state index is 11.0. The van der Waals surface area contributed by atoms with Crippen molar-refractivity contribution in [1.82, 2.24) is 0 Å². The molecule has 1 aromatic carbocycles. The largest absolute Gasteiger partial charge is 0.390 e. The maximum Gasteiger partial charge on any atom is 0.0991 e. The van der Waals surface area contributed by atoms with E-state index in [1.165, 1.54) is 32.1 Å². The van der Waals surface area contributed by atoms with Crippen LogP contribution >= 0.6 is 0 Å². The molecule has 4 aliphatic rings. The van der Waals surface area contributed by atoms with Gasteiger partial charge in [-0.1, -0.05) is 51.5 Å². The van der Waals surface area contributed by atoms with E-state index in [0.717, 1.165) is 67.8 Å². The molecule has 2 N–H and O–H groups in total. The zero-order valence-corrected chi connectivity index (χ0v) is 23.0. The third-order valence-electron chi connectivity index (χ3n) is 12.0. The highest BCUT2D eigenvalue weighted by molar-refractivity contribution is 5.33. The van der Waals surface area contributed by atoms with Gasteiger partial charge in [-0.25, -0.2) is 0 Å². The van der Waals surface area contributed by atoms with Crippen molar-refractivity contribution >= 4 is 0 Å². The van der Waals surface area contributed by atoms with E-state index in [-0.39, 0.29) is 5.41 Å². The fourth-order valence-electron chi connectivity index (χ4n) is 9.59. The molecule has 0 bridgehead atoms. The Morgan fingerprint density at radius 3 is 2.64 bits per heavy atom. The number of aliphatic hydroxyl groups excluding tert-OH is 1. The third kappa shape index (κ3) is 4.27. The van der Waals surface area contributed by atoms with Crippen LogP contribution in [0.3, 0.4) is 0 Å². The molecule has 9 atom stereocenters. The molecular weight excluding hydrogens is 442 g/mol. The highest BCUT2D eigenvalue weighted by Gasteiger charge is 2.59. The molecular formula is C33H47NO2. The van der Waals surface area contributed by atoms with Crippen molar-refractivity contribution in [3.63, 3.8) is 0 Å². The minimum absolute atomic E-state index is 0.289. The average molecular weight is 490 g/mol. The second-order valence-corrected chi connectivity index (χ2v) is 13.6. The smallest absolute Gasteiger partial charge is 0.0991 e. The minimum Gasteiger partial charge on any atom is -0.390 e. The lowest BCUT2D eigenvalue weighted by Crippen LogP contribution is -2.52. The first-order valence-corrected chi connectivity index (χ1v) is 14.7. The number of hydrogen-bond donors (Lipinski definition) is 2. The molecule has 196 valence electrons. The van der Waals surface area contributed by atoms with Crippen LogP contribution < -0.4 is 0 Å². The fourth-order valence-corrected chi connectivity index (χ4v) is 9.59. The van der Waals surface area contributed by atoms with Crippen molar-refractivity contribution in [2.24, 2.45) is 40.4 Å². The topological polar surface area (TPSA) is 64.2 Å². The van der Waals surface area contributed by atoms with Crippen molar-refractivity contribution in [3.05, 3.63) is 47.0 Å². The van der Waals surface area contributed by atoms with E-state index in [1.54, 1.807) is 11.6 Å². The van der Waals surface area contributed by atoms with Gasteiger partial charge in [-0.2, -0.15) is 5.26 Å². The molecule has 36 heavy (non-hydrogen) atoms. The van der Waals surface area contributed by atoms with Gasteiger partial charge < -0.3 is 10.2 Å². The van der Waals surface area contributed by atoms with Gasteiger partial charge in [-0.15, -0.1) is 0 Å². The standard InChI is InChI=1S/C33H47NO2/c1-5-33(36)18-17-31(3)25(20-33)10-11-26-28-13-12-27(32(28,4)16-15-29(26)31)22(2)9-14-30(35)24-8-6-7-23(19-24)21-34/h6-8,10,19,22,26-30,35-36H,5,9,11-18,20H2,1-4H3/t22-,26+,27-,28+,29+,30-,31+,32-,33+/m1/s1. The molecule has 0 unspecified atom stereocenters. The average Bonchev–Trinajstić information content (AvgIpc) is 3.25. The Bertz CT molecular complexity index is 1040. The van der Waals surface area contributed by atoms with Crippen molar-refractivity contribution in [2.45, 2.75) is 110 Å². The van der Waals surface area contributed by atoms with Crippen molar-refractivity contribution < 1.29 is 10.2 Å². The van der Waals surface area contributed by atoms with Gasteiger partial charge in [-0.3, -0.25) is 0 Å². The van der Waals surface area contributed by atoms with Gasteiger partial charge in [0, 0.05) is 0 Å². The zero-order valence-electron chi connectivity index (χ0n) is 23.0. The van der Waals surface area contributed by atoms with Crippen LogP contribution in [0.5, 0.6) is 0 Å². The number of fused-ring (bicyclic) bond motifs is 5. The molecule has 0 aliphatic heterocycles. The van der Waals surface area contributed by atoms with Crippen LogP contribution in [0.1, 0.15) is 116 Å². The van der Waals surface area contributed by atoms with E-state index >= 15 is 0 Å². The summed E-state index contributed by atoms with van der Waals surface area (Å²) in [4.78, 5) is 0. The highest BCUT2D eigenvalue weighted by atomic mass is 16.3. The molecule has 0 aromatic heterocycles. The minimum atomic E-state index is -0.489. The van der Waals surface area contributed by atoms with E-state index in [0.29, 0.717) is 16.9 Å². The Kier molecular flexibility index (Phi) is 6.93. The highest BCUT2D eigenvalue weighted by Crippen LogP contribution is 2.67. The number of nitriles is 1. The lowest BCUT2D eigenvalue weighted by molar-refractivity contribution is -0.0757. The first kappa shape index (κ1) is 26.0. The van der Waals surface area contributed by atoms with Crippen LogP contribution in [0.4, 0.5) is 0 Å². The molecule has 3 nitrogen and oxygen atoms in total. The molecule has 5 rings (SSSR count). The van der Waals surface area contributed by atoms with Gasteiger partial charge in [0.2, 0.25) is 0 Å². The summed E-state index contributed by atoms with van der Waals surface area (Å²) in [5.41, 5.74) is 3.29. The number of nitrogens with zero attached hydrogens (tertiary/aromatic N) is 1. The quantitative estimate of drug-likeness (QED) is 0.402. The van der Waals surface area contributed by atoms with Gasteiger partial charge in [0.15, 0.2) is 0 Å². The Morgan fingerprint density at radius 2 is 1.89 bits per heavy atom. The SMILES string of the molecule is CC[C@]1(O)CC[C@@]2(C)C(=CC[C@H]3[C@@H]4CC[C@H]([C@H](C)CC[C@@H](O)c5cccc(C#N)c5)[C@@]4(C)CC[C@@H]32)C1. The monoisotopic (exact) mass is 489 g/mol. The van der Waals surface area contributed by atoms with E-state index in [9.17, 15) is 15.5 Å². The lowest BCUT2D eigenvalue weighted by Gasteiger charge is -2.59. The molecule has 3 saturated carbocycles. The Labute approximate surface area is 219 Å². The van der Waals surface area contributed by atoms with Crippen LogP contribution in [0.25, 0.3) is 0 Å². The Balaban J connectivity index is 1.27. The summed E-state index contributed by atoms with van der Waals surface area (Å²) < 4.78 is 0. The van der Waals surface area contributed by atoms with Gasteiger partial charge in [0.1, 0.15) is 0 Å². The normalized spacial score (nSPS) is 41.3. The van der Waals surface area contributed by atoms with Crippen LogP contribution in [0.2, 0.25) is 0 Å². The second-order valence-electron chi connectivity index (χ2n) is 13.6. The maximum atomic E-state index is 11.0. The number of rotatable bonds is 6. The number of benzene rings is 1. The molecule has 0 spiro atoms. The summed E-state index contributed by atoms with van der Waals surface area (Å²) in [7, 11) is 0. The summed E-state index contributed by atoms with van der Waals surface area (Å²) in [6, 6.07) is 9.65. The van der Waals surface area contributed by atoms with Crippen molar-refractivity contribution in [2.75, 3.05) is 0 Å². The molecule has 3 fully saturated rings. The predicted octanol–water partition coefficient (Wildman–Crippen LogP) is 7.73. The van der Waals surface area contributed by atoms with E-state index in [1.807, 2.05) is 18.2 Å². The number of hydrogen-bond acceptors (Lipinski definition) is 3. The fraction of sp³-hybridized carbons (Fsp3) is 0.727. The summed E-state index contributed by atoms with van der Waals surface area (Å²) >= 11 is 0. The molecule has 0 saturated heterocycles. The van der Waals surface area contributed by atoms with Crippen molar-refractivity contribution in [3.8, 4) is 6.07 Å². The molecule has 0 heterocycles. The Morgan fingerprint density at radius 1 is 1.08 bits per heavy atom. The molecule has 4 aliphatic carbocycles. The van der Waals surface area contributed by atoms with Gasteiger partial charge in [0.25, 0.3) is 0 Å². The molecule has 0 radical (unpaired) electrons. The molecule has 3 heteroatoms. The van der Waals surface area contributed by atoms with E-state index in [4.69, 9.17) is 0 Å². The van der Waals surface area contributed by atoms with Crippen LogP contribution in [-0.4, -0.2) is 15.8 Å². The second kappa shape index (κ2) is 9.59. The Hall–Kier alpha value is -1.63. The first-order valence-electron chi connectivity index (χ1n) is 14.7. The van der Waals surface area contributed by atoms with E-state index in [2.05, 4.69) is 39.8 Å². The van der Waals surface area contributed by atoms with Gasteiger partial charge >= 0.3 is 0 Å². The summed E-state index contributed by atoms with van der Waals surface area (Å²) in [6.45, 7) is 9.71. The summed E-state index contributed by atoms with van der Waals surface area (Å²) in [6.07, 6.45) is 14.3. The third-order valence-corrected chi connectivity index (χ3v) is 12.0. The number of allylic oxidation sites excluding steroid dienone is 1. The summed E-state index contributed by atoms with van der Waals surface area (Å²) in [5.74, 6) is 3.71. The van der Waals surface area contributed by atoms with Gasteiger partial charge in [0.05, 0.1) is 23.3 Å². The first-order chi connectivity index (χ1) is 17.1. The summed E-state index contributed by atoms with van der Waals surface area (Å²) in [5, 5.41) is 31.1. The number of aliphatic hydroxyl groups is 2. The van der Waals surface area contributed by atoms with Crippen LogP contribution in [-0.2, 0) is 0 Å². The van der Waals surface area contributed by atoms with Crippen LogP contribution in [0, 0.1) is 51.8 Å². The molecule has 0 amide bonds. The van der Waals surface area contributed by atoms with Gasteiger partial charge in [-0.05, 0) is 129 Å². The molecule has 1 aromatic rings. The zero-order chi connectivity index (χ0) is 25.7. The lowest BCUT2D eigenvalue weighted by atomic mass is 9.46. The van der Waals surface area contributed by atoms with Crippen molar-refractivity contribution in [1.29, 1.82) is 5.26 Å². The predicted molar refractivity (Wildman–Crippen MR) is 145 cm³/mol.